The average Bonchev–Trinajstić information content (AvgIpc) is 2.27. The van der Waals surface area contributed by atoms with Crippen molar-refractivity contribution < 1.29 is 9.90 Å². The number of carbonyl (C=O) groups excluding carboxylic acids is 1. The van der Waals surface area contributed by atoms with Gasteiger partial charge in [-0.15, -0.1) is 0 Å². The predicted octanol–water partition coefficient (Wildman–Crippen LogP) is 2.96. The van der Waals surface area contributed by atoms with Gasteiger partial charge in [0.1, 0.15) is 0 Å². The van der Waals surface area contributed by atoms with Crippen LogP contribution >= 0.6 is 0 Å². The Kier molecular flexibility index (Phi) is 5.64. The van der Waals surface area contributed by atoms with Gasteiger partial charge in [-0.25, -0.2) is 0 Å². The fourth-order valence-corrected chi connectivity index (χ4v) is 2.67. The molecule has 1 amide bonds. The van der Waals surface area contributed by atoms with Gasteiger partial charge >= 0.3 is 0 Å². The van der Waals surface area contributed by atoms with Gasteiger partial charge in [0.2, 0.25) is 5.91 Å². The van der Waals surface area contributed by atoms with Gasteiger partial charge in [0, 0.05) is 13.0 Å². The van der Waals surface area contributed by atoms with Crippen LogP contribution in [0.3, 0.4) is 0 Å². The Morgan fingerprint density at radius 1 is 1.39 bits per heavy atom. The maximum atomic E-state index is 12.2. The van der Waals surface area contributed by atoms with E-state index in [1.807, 2.05) is 18.7 Å². The Hall–Kier alpha value is -0.570. The minimum absolute atomic E-state index is 0.211. The number of carbonyl (C=O) groups is 1. The Labute approximate surface area is 112 Å². The first-order chi connectivity index (χ1) is 8.35. The van der Waals surface area contributed by atoms with E-state index in [1.54, 1.807) is 0 Å². The zero-order valence-corrected chi connectivity index (χ0v) is 12.4. The van der Waals surface area contributed by atoms with Gasteiger partial charge < -0.3 is 10.0 Å². The largest absolute Gasteiger partial charge is 0.391 e. The monoisotopic (exact) mass is 255 g/mol. The van der Waals surface area contributed by atoms with Crippen molar-refractivity contribution in [3.8, 4) is 0 Å². The zero-order chi connectivity index (χ0) is 13.8. The van der Waals surface area contributed by atoms with Crippen LogP contribution in [0.25, 0.3) is 0 Å². The molecule has 0 aromatic rings. The maximum Gasteiger partial charge on any atom is 0.223 e. The normalized spacial score (nSPS) is 23.4. The number of hydrogen-bond donors (Lipinski definition) is 1. The van der Waals surface area contributed by atoms with Crippen molar-refractivity contribution in [2.45, 2.75) is 77.9 Å². The second-order valence-corrected chi connectivity index (χ2v) is 6.50. The highest BCUT2D eigenvalue weighted by Crippen LogP contribution is 2.28. The second-order valence-electron chi connectivity index (χ2n) is 6.50. The molecular weight excluding hydrogens is 226 g/mol. The third-order valence-corrected chi connectivity index (χ3v) is 4.09. The molecular formula is C15H29NO2. The maximum absolute atomic E-state index is 12.2. The highest BCUT2D eigenvalue weighted by molar-refractivity contribution is 5.77. The van der Waals surface area contributed by atoms with Crippen molar-refractivity contribution in [1.82, 2.24) is 4.90 Å². The van der Waals surface area contributed by atoms with Crippen LogP contribution in [0.5, 0.6) is 0 Å². The highest BCUT2D eigenvalue weighted by Gasteiger charge is 2.39. The number of aliphatic hydroxyl groups is 1. The number of amides is 1. The van der Waals surface area contributed by atoms with E-state index in [0.717, 1.165) is 32.2 Å². The van der Waals surface area contributed by atoms with Crippen molar-refractivity contribution in [2.24, 2.45) is 5.92 Å². The summed E-state index contributed by atoms with van der Waals surface area (Å²) in [6.07, 6.45) is 5.26. The molecule has 1 unspecified atom stereocenters. The summed E-state index contributed by atoms with van der Waals surface area (Å²) < 4.78 is 0. The topological polar surface area (TPSA) is 40.5 Å². The summed E-state index contributed by atoms with van der Waals surface area (Å²) in [7, 11) is 0. The van der Waals surface area contributed by atoms with Gasteiger partial charge in [-0.3, -0.25) is 4.79 Å². The van der Waals surface area contributed by atoms with E-state index in [0.29, 0.717) is 12.3 Å². The molecule has 1 saturated heterocycles. The summed E-state index contributed by atoms with van der Waals surface area (Å²) in [5, 5.41) is 10.0. The molecule has 3 nitrogen and oxygen atoms in total. The molecule has 0 radical (unpaired) electrons. The number of rotatable bonds is 5. The van der Waals surface area contributed by atoms with E-state index in [4.69, 9.17) is 0 Å². The fourth-order valence-electron chi connectivity index (χ4n) is 2.67. The standard InChI is InChI=1S/C15H29NO2/c1-12(2)8-5-6-10-14(18)16-11-7-9-13(17)15(16,3)4/h12-13,17H,5-11H2,1-4H3. The van der Waals surface area contributed by atoms with E-state index in [2.05, 4.69) is 13.8 Å². The molecule has 1 fully saturated rings. The molecule has 0 aromatic carbocycles. The van der Waals surface area contributed by atoms with Crippen LogP contribution in [0.1, 0.15) is 66.2 Å². The molecule has 0 spiro atoms. The molecule has 18 heavy (non-hydrogen) atoms. The zero-order valence-electron chi connectivity index (χ0n) is 12.4. The molecule has 1 aliphatic rings. The molecule has 1 N–H and O–H groups in total. The molecule has 1 aliphatic heterocycles. The van der Waals surface area contributed by atoms with Gasteiger partial charge in [0.15, 0.2) is 0 Å². The Balaban J connectivity index is 2.40. The fraction of sp³-hybridized carbons (Fsp3) is 0.933. The van der Waals surface area contributed by atoms with E-state index in [1.165, 1.54) is 6.42 Å². The summed E-state index contributed by atoms with van der Waals surface area (Å²) in [5.41, 5.74) is -0.395. The minimum atomic E-state index is -0.395. The van der Waals surface area contributed by atoms with Gasteiger partial charge in [-0.2, -0.15) is 0 Å². The third-order valence-electron chi connectivity index (χ3n) is 4.09. The van der Waals surface area contributed by atoms with E-state index in [-0.39, 0.29) is 12.0 Å². The number of hydrogen-bond acceptors (Lipinski definition) is 2. The quantitative estimate of drug-likeness (QED) is 0.767. The smallest absolute Gasteiger partial charge is 0.223 e. The molecule has 0 aromatic heterocycles. The van der Waals surface area contributed by atoms with E-state index >= 15 is 0 Å². The van der Waals surface area contributed by atoms with Crippen LogP contribution in [0.2, 0.25) is 0 Å². The second kappa shape index (κ2) is 6.55. The van der Waals surface area contributed by atoms with Crippen LogP contribution < -0.4 is 0 Å². The Morgan fingerprint density at radius 2 is 2.06 bits per heavy atom. The number of nitrogens with zero attached hydrogens (tertiary/aromatic N) is 1. The molecule has 1 atom stereocenters. The molecule has 3 heteroatoms. The molecule has 0 bridgehead atoms. The summed E-state index contributed by atoms with van der Waals surface area (Å²) in [4.78, 5) is 14.1. The van der Waals surface area contributed by atoms with Crippen molar-refractivity contribution in [2.75, 3.05) is 6.54 Å². The predicted molar refractivity (Wildman–Crippen MR) is 74.3 cm³/mol. The van der Waals surface area contributed by atoms with Crippen LogP contribution in [0.15, 0.2) is 0 Å². The lowest BCUT2D eigenvalue weighted by atomic mass is 9.87. The van der Waals surface area contributed by atoms with E-state index < -0.39 is 5.54 Å². The van der Waals surface area contributed by atoms with Gasteiger partial charge in [0.05, 0.1) is 11.6 Å². The average molecular weight is 255 g/mol. The molecule has 106 valence electrons. The number of aliphatic hydroxyl groups excluding tert-OH is 1. The first-order valence-electron chi connectivity index (χ1n) is 7.34. The molecule has 0 aliphatic carbocycles. The van der Waals surface area contributed by atoms with Crippen LogP contribution in [0, 0.1) is 5.92 Å². The van der Waals surface area contributed by atoms with Crippen LogP contribution in [-0.2, 0) is 4.79 Å². The van der Waals surface area contributed by atoms with Crippen LogP contribution in [-0.4, -0.2) is 34.1 Å². The molecule has 1 rings (SSSR count). The van der Waals surface area contributed by atoms with Gasteiger partial charge in [-0.1, -0.05) is 26.7 Å². The summed E-state index contributed by atoms with van der Waals surface area (Å²) in [6.45, 7) is 9.18. The first kappa shape index (κ1) is 15.5. The summed E-state index contributed by atoms with van der Waals surface area (Å²) in [6, 6.07) is 0. The lowest BCUT2D eigenvalue weighted by Crippen LogP contribution is -2.58. The van der Waals surface area contributed by atoms with Crippen molar-refractivity contribution >= 4 is 5.91 Å². The third kappa shape index (κ3) is 3.98. The SMILES string of the molecule is CC(C)CCCCC(=O)N1CCCC(O)C1(C)C. The van der Waals surface area contributed by atoms with E-state index in [9.17, 15) is 9.90 Å². The number of unbranched alkanes of at least 4 members (excludes halogenated alkanes) is 1. The van der Waals surface area contributed by atoms with Crippen LogP contribution in [0.4, 0.5) is 0 Å². The lowest BCUT2D eigenvalue weighted by Gasteiger charge is -2.46. The molecule has 1 heterocycles. The summed E-state index contributed by atoms with van der Waals surface area (Å²) >= 11 is 0. The van der Waals surface area contributed by atoms with Crippen molar-refractivity contribution in [3.05, 3.63) is 0 Å². The van der Waals surface area contributed by atoms with Gasteiger partial charge in [0.25, 0.3) is 0 Å². The van der Waals surface area contributed by atoms with Crippen molar-refractivity contribution in [3.63, 3.8) is 0 Å². The molecule has 0 saturated carbocycles. The van der Waals surface area contributed by atoms with Crippen molar-refractivity contribution in [1.29, 1.82) is 0 Å². The lowest BCUT2D eigenvalue weighted by molar-refractivity contribution is -0.145. The van der Waals surface area contributed by atoms with Gasteiger partial charge in [-0.05, 0) is 39.0 Å². The number of likely N-dealkylation sites (tertiary alicyclic amines) is 1. The minimum Gasteiger partial charge on any atom is -0.391 e. The highest BCUT2D eigenvalue weighted by atomic mass is 16.3. The Bertz CT molecular complexity index is 274. The first-order valence-corrected chi connectivity index (χ1v) is 7.34. The number of piperidine rings is 1. The Morgan fingerprint density at radius 3 is 2.67 bits per heavy atom. The summed E-state index contributed by atoms with van der Waals surface area (Å²) in [5.74, 6) is 0.927.